The summed E-state index contributed by atoms with van der Waals surface area (Å²) in [5.74, 6) is 4.76. The van der Waals surface area contributed by atoms with E-state index in [9.17, 15) is 0 Å². The van der Waals surface area contributed by atoms with Crippen LogP contribution < -0.4 is 5.84 Å². The number of hydrogen-bond donors (Lipinski definition) is 3. The van der Waals surface area contributed by atoms with Gasteiger partial charge in [-0.25, -0.2) is 0 Å². The van der Waals surface area contributed by atoms with Crippen molar-refractivity contribution in [2.24, 2.45) is 10.9 Å². The highest BCUT2D eigenvalue weighted by molar-refractivity contribution is 5.86. The van der Waals surface area contributed by atoms with Gasteiger partial charge in [-0.2, -0.15) is 5.10 Å². The molecule has 0 saturated carbocycles. The van der Waals surface area contributed by atoms with Crippen molar-refractivity contribution in [1.82, 2.24) is 0 Å². The van der Waals surface area contributed by atoms with Gasteiger partial charge in [0.05, 0.1) is 11.8 Å². The summed E-state index contributed by atoms with van der Waals surface area (Å²) in [6.45, 7) is 0. The zero-order valence-corrected chi connectivity index (χ0v) is 5.73. The molecule has 0 aliphatic rings. The van der Waals surface area contributed by atoms with Gasteiger partial charge in [-0.15, -0.1) is 0 Å². The Balaban J connectivity index is 3.20. The molecule has 58 valence electrons. The van der Waals surface area contributed by atoms with Gasteiger partial charge < -0.3 is 16.1 Å². The lowest BCUT2D eigenvalue weighted by atomic mass is 10.2. The van der Waals surface area contributed by atoms with Crippen LogP contribution in [0.4, 0.5) is 0 Å². The number of aromatic hydroxyl groups is 2. The lowest BCUT2D eigenvalue weighted by Crippen LogP contribution is -1.87. The molecule has 0 aliphatic carbocycles. The molecular weight excluding hydrogens is 144 g/mol. The fraction of sp³-hybridized carbons (Fsp3) is 0. The number of hydrazone groups is 1. The van der Waals surface area contributed by atoms with Crippen LogP contribution in [0, 0.1) is 0 Å². The molecule has 4 N–H and O–H groups in total. The number of benzene rings is 1. The molecule has 1 aromatic rings. The molecule has 4 nitrogen and oxygen atoms in total. The molecule has 0 saturated heterocycles. The largest absolute Gasteiger partial charge is 0.507 e. The minimum atomic E-state index is -0.0424. The van der Waals surface area contributed by atoms with Crippen LogP contribution in [0.25, 0.3) is 0 Å². The van der Waals surface area contributed by atoms with E-state index in [4.69, 9.17) is 16.1 Å². The molecule has 0 fully saturated rings. The van der Waals surface area contributed by atoms with Crippen molar-refractivity contribution >= 4 is 6.21 Å². The maximum Gasteiger partial charge on any atom is 0.128 e. The van der Waals surface area contributed by atoms with Crippen molar-refractivity contribution in [1.29, 1.82) is 0 Å². The molecule has 1 rings (SSSR count). The summed E-state index contributed by atoms with van der Waals surface area (Å²) < 4.78 is 0. The molecule has 0 bridgehead atoms. The third-order valence-corrected chi connectivity index (χ3v) is 1.26. The van der Waals surface area contributed by atoms with Crippen molar-refractivity contribution in [3.63, 3.8) is 0 Å². The smallest absolute Gasteiger partial charge is 0.128 e. The Kier molecular flexibility index (Phi) is 1.96. The van der Waals surface area contributed by atoms with Crippen molar-refractivity contribution in [2.45, 2.75) is 0 Å². The van der Waals surface area contributed by atoms with Gasteiger partial charge in [0.15, 0.2) is 0 Å². The quantitative estimate of drug-likeness (QED) is 0.309. The average molecular weight is 152 g/mol. The molecule has 11 heavy (non-hydrogen) atoms. The Hall–Kier alpha value is -1.71. The second-order valence-corrected chi connectivity index (χ2v) is 1.99. The minimum absolute atomic E-state index is 0.0424. The van der Waals surface area contributed by atoms with Gasteiger partial charge in [-0.3, -0.25) is 0 Å². The number of rotatable bonds is 1. The normalized spacial score (nSPS) is 10.5. The maximum atomic E-state index is 9.12. The summed E-state index contributed by atoms with van der Waals surface area (Å²) in [5.41, 5.74) is 0.231. The number of nitrogens with zero attached hydrogens (tertiary/aromatic N) is 1. The minimum Gasteiger partial charge on any atom is -0.507 e. The number of phenols is 2. The van der Waals surface area contributed by atoms with Gasteiger partial charge in [0, 0.05) is 0 Å². The highest BCUT2D eigenvalue weighted by Gasteiger charge is 2.01. The molecule has 0 aromatic heterocycles. The van der Waals surface area contributed by atoms with E-state index in [2.05, 4.69) is 5.10 Å². The van der Waals surface area contributed by atoms with E-state index in [-0.39, 0.29) is 17.1 Å². The molecule has 0 unspecified atom stereocenters. The third kappa shape index (κ3) is 1.40. The highest BCUT2D eigenvalue weighted by Crippen LogP contribution is 2.23. The van der Waals surface area contributed by atoms with Gasteiger partial charge >= 0.3 is 0 Å². The lowest BCUT2D eigenvalue weighted by Gasteiger charge is -1.99. The zero-order valence-electron chi connectivity index (χ0n) is 5.73. The Bertz CT molecular complexity index is 264. The van der Waals surface area contributed by atoms with Gasteiger partial charge in [0.2, 0.25) is 0 Å². The Morgan fingerprint density at radius 2 is 1.82 bits per heavy atom. The second-order valence-electron chi connectivity index (χ2n) is 1.99. The van der Waals surface area contributed by atoms with Crippen molar-refractivity contribution in [3.05, 3.63) is 23.8 Å². The van der Waals surface area contributed by atoms with Crippen LogP contribution in [-0.2, 0) is 0 Å². The molecule has 4 heteroatoms. The summed E-state index contributed by atoms with van der Waals surface area (Å²) in [6, 6.07) is 4.41. The van der Waals surface area contributed by atoms with Crippen LogP contribution in [0.5, 0.6) is 11.5 Å². The van der Waals surface area contributed by atoms with E-state index < -0.39 is 0 Å². The molecule has 0 heterocycles. The Morgan fingerprint density at radius 1 is 1.27 bits per heavy atom. The van der Waals surface area contributed by atoms with Crippen molar-refractivity contribution in [2.75, 3.05) is 0 Å². The fourth-order valence-corrected chi connectivity index (χ4v) is 0.748. The van der Waals surface area contributed by atoms with Crippen LogP contribution in [-0.4, -0.2) is 16.4 Å². The summed E-state index contributed by atoms with van der Waals surface area (Å²) in [7, 11) is 0. The molecule has 0 amide bonds. The van der Waals surface area contributed by atoms with Crippen LogP contribution in [0.3, 0.4) is 0 Å². The molecular formula is C7H8N2O2. The maximum absolute atomic E-state index is 9.12. The second kappa shape index (κ2) is 2.92. The van der Waals surface area contributed by atoms with Crippen LogP contribution >= 0.6 is 0 Å². The van der Waals surface area contributed by atoms with E-state index >= 15 is 0 Å². The predicted molar refractivity (Wildman–Crippen MR) is 41.6 cm³/mol. The molecule has 0 spiro atoms. The van der Waals surface area contributed by atoms with E-state index in [0.717, 1.165) is 0 Å². The predicted octanol–water partition coefficient (Wildman–Crippen LogP) is 0.390. The number of nitrogens with two attached hydrogens (primary N) is 1. The standard InChI is InChI=1S/C7H8N2O2/c8-9-4-5-6(10)2-1-3-7(5)11/h1-4,10-11H,8H2/b9-4+. The molecule has 1 aromatic carbocycles. The summed E-state index contributed by atoms with van der Waals surface area (Å²) in [4.78, 5) is 0. The summed E-state index contributed by atoms with van der Waals surface area (Å²) >= 11 is 0. The third-order valence-electron chi connectivity index (χ3n) is 1.26. The molecule has 0 radical (unpaired) electrons. The van der Waals surface area contributed by atoms with Gasteiger partial charge in [0.25, 0.3) is 0 Å². The van der Waals surface area contributed by atoms with E-state index in [1.807, 2.05) is 0 Å². The highest BCUT2D eigenvalue weighted by atomic mass is 16.3. The first kappa shape index (κ1) is 7.40. The van der Waals surface area contributed by atoms with E-state index in [1.165, 1.54) is 24.4 Å². The first-order valence-electron chi connectivity index (χ1n) is 3.00. The van der Waals surface area contributed by atoms with Crippen molar-refractivity contribution < 1.29 is 10.2 Å². The fourth-order valence-electron chi connectivity index (χ4n) is 0.748. The van der Waals surface area contributed by atoms with E-state index in [1.54, 1.807) is 0 Å². The average Bonchev–Trinajstić information content (AvgIpc) is 1.97. The topological polar surface area (TPSA) is 78.8 Å². The van der Waals surface area contributed by atoms with Gasteiger partial charge in [-0.05, 0) is 12.1 Å². The first-order chi connectivity index (χ1) is 5.25. The molecule has 0 aliphatic heterocycles. The van der Waals surface area contributed by atoms with Crippen LogP contribution in [0.2, 0.25) is 0 Å². The number of phenolic OH excluding ortho intramolecular Hbond substituents is 2. The SMILES string of the molecule is N/N=C/c1c(O)cccc1O. The van der Waals surface area contributed by atoms with Crippen LogP contribution in [0.1, 0.15) is 5.56 Å². The van der Waals surface area contributed by atoms with Crippen LogP contribution in [0.15, 0.2) is 23.3 Å². The molecule has 0 atom stereocenters. The Morgan fingerprint density at radius 3 is 2.27 bits per heavy atom. The Labute approximate surface area is 63.6 Å². The monoisotopic (exact) mass is 152 g/mol. The summed E-state index contributed by atoms with van der Waals surface area (Å²) in [6.07, 6.45) is 1.19. The lowest BCUT2D eigenvalue weighted by molar-refractivity contribution is 0.449. The van der Waals surface area contributed by atoms with Crippen molar-refractivity contribution in [3.8, 4) is 11.5 Å². The van der Waals surface area contributed by atoms with E-state index in [0.29, 0.717) is 0 Å². The zero-order chi connectivity index (χ0) is 8.27. The number of hydrogen-bond acceptors (Lipinski definition) is 4. The summed E-state index contributed by atoms with van der Waals surface area (Å²) in [5, 5.41) is 21.4. The van der Waals surface area contributed by atoms with Gasteiger partial charge in [0.1, 0.15) is 11.5 Å². The first-order valence-corrected chi connectivity index (χ1v) is 3.00. The van der Waals surface area contributed by atoms with Gasteiger partial charge in [-0.1, -0.05) is 6.07 Å².